The van der Waals surface area contributed by atoms with Crippen molar-refractivity contribution in [3.05, 3.63) is 52.5 Å². The Hall–Kier alpha value is -3.73. The van der Waals surface area contributed by atoms with Crippen molar-refractivity contribution < 1.29 is 23.8 Å². The van der Waals surface area contributed by atoms with Crippen molar-refractivity contribution in [3.8, 4) is 22.7 Å². The first-order valence-electron chi connectivity index (χ1n) is 12.6. The molecule has 198 valence electrons. The molecule has 2 heterocycles. The van der Waals surface area contributed by atoms with E-state index in [9.17, 15) is 14.7 Å². The van der Waals surface area contributed by atoms with Gasteiger partial charge in [-0.1, -0.05) is 50.1 Å². The average molecular weight is 582 g/mol. The van der Waals surface area contributed by atoms with Crippen LogP contribution in [0, 0.1) is 5.41 Å². The van der Waals surface area contributed by atoms with Gasteiger partial charge in [-0.15, -0.1) is 10.2 Å². The molecule has 1 aliphatic rings. The molecule has 0 spiro atoms. The van der Waals surface area contributed by atoms with E-state index < -0.39 is 17.5 Å². The number of furan rings is 1. The summed E-state index contributed by atoms with van der Waals surface area (Å²) in [5.74, 6) is 0.326. The van der Waals surface area contributed by atoms with Gasteiger partial charge in [0.1, 0.15) is 11.3 Å². The molecule has 1 fully saturated rings. The van der Waals surface area contributed by atoms with Crippen LogP contribution in [0.25, 0.3) is 33.7 Å². The summed E-state index contributed by atoms with van der Waals surface area (Å²) in [4.78, 5) is 26.7. The number of carboxylic acids is 1. The predicted octanol–water partition coefficient (Wildman–Crippen LogP) is 6.04. The van der Waals surface area contributed by atoms with E-state index >= 15 is 0 Å². The monoisotopic (exact) mass is 581 g/mol. The molecule has 2 aromatic carbocycles. The quantitative estimate of drug-likeness (QED) is 0.244. The van der Waals surface area contributed by atoms with Crippen molar-refractivity contribution in [2.45, 2.75) is 45.6 Å². The van der Waals surface area contributed by atoms with E-state index in [1.54, 1.807) is 0 Å². The number of nitrogens with one attached hydrogen (secondary N) is 1. The number of nitrogens with zero attached hydrogens (tertiary/aromatic N) is 4. The number of aliphatic carboxylic acids is 1. The van der Waals surface area contributed by atoms with Crippen molar-refractivity contribution in [3.63, 3.8) is 0 Å². The number of aromatic nitrogens is 4. The number of rotatable bonds is 9. The van der Waals surface area contributed by atoms with Crippen LogP contribution in [-0.4, -0.2) is 55.8 Å². The van der Waals surface area contributed by atoms with Crippen molar-refractivity contribution in [1.29, 1.82) is 0 Å². The van der Waals surface area contributed by atoms with Gasteiger partial charge in [0.2, 0.25) is 5.82 Å². The second kappa shape index (κ2) is 10.9. The summed E-state index contributed by atoms with van der Waals surface area (Å²) in [5, 5.41) is 24.9. The van der Waals surface area contributed by atoms with Gasteiger partial charge in [-0.2, -0.15) is 5.21 Å². The maximum atomic E-state index is 13.0. The second-order valence-electron chi connectivity index (χ2n) is 9.65. The number of amides is 1. The molecule has 1 saturated carbocycles. The van der Waals surface area contributed by atoms with Crippen molar-refractivity contribution in [2.24, 2.45) is 5.41 Å². The van der Waals surface area contributed by atoms with Crippen molar-refractivity contribution >= 4 is 39.0 Å². The molecule has 0 aliphatic heterocycles. The largest absolute Gasteiger partial charge is 0.481 e. The third kappa shape index (κ3) is 5.15. The van der Waals surface area contributed by atoms with Gasteiger partial charge in [0.05, 0.1) is 16.5 Å². The lowest BCUT2D eigenvalue weighted by atomic mass is 9.85. The Balaban J connectivity index is 1.41. The van der Waals surface area contributed by atoms with Gasteiger partial charge < -0.3 is 19.2 Å². The molecule has 0 bridgehead atoms. The van der Waals surface area contributed by atoms with Crippen LogP contribution in [0.15, 0.2) is 51.4 Å². The molecule has 0 saturated heterocycles. The molecule has 1 amide bonds. The molecule has 2 aromatic heterocycles. The zero-order valence-electron chi connectivity index (χ0n) is 20.9. The lowest BCUT2D eigenvalue weighted by Gasteiger charge is -2.31. The van der Waals surface area contributed by atoms with Gasteiger partial charge in [0, 0.05) is 29.6 Å². The third-order valence-electron chi connectivity index (χ3n) is 7.01. The van der Waals surface area contributed by atoms with E-state index in [4.69, 9.17) is 9.15 Å². The van der Waals surface area contributed by atoms with Crippen LogP contribution in [0.3, 0.4) is 0 Å². The number of tetrazole rings is 1. The van der Waals surface area contributed by atoms with E-state index in [-0.39, 0.29) is 19.7 Å². The summed E-state index contributed by atoms with van der Waals surface area (Å²) in [5.41, 5.74) is 2.30. The van der Waals surface area contributed by atoms with E-state index in [2.05, 4.69) is 36.6 Å². The molecule has 1 aliphatic carbocycles. The highest BCUT2D eigenvalue weighted by molar-refractivity contribution is 9.10. The minimum absolute atomic E-state index is 0.119. The Bertz CT molecular complexity index is 1430. The number of carboxylic acid groups (broad SMARTS) is 1. The highest BCUT2D eigenvalue weighted by atomic mass is 79.9. The van der Waals surface area contributed by atoms with Crippen LogP contribution in [0.1, 0.15) is 44.6 Å². The molecule has 0 atom stereocenters. The van der Waals surface area contributed by atoms with E-state index in [1.807, 2.05) is 49.4 Å². The van der Waals surface area contributed by atoms with Crippen LogP contribution in [-0.2, 0) is 16.1 Å². The summed E-state index contributed by atoms with van der Waals surface area (Å²) in [6.45, 7) is 2.57. The Labute approximate surface area is 227 Å². The average Bonchev–Trinajstić information content (AvgIpc) is 3.69. The standard InChI is InChI=1S/C27H28BrN5O5/c1-2-13-37-26(36)33(16-27(25(34)35)11-3-4-12-27)15-17-5-10-21-20(14-17)22(28)23(38-21)18-6-8-19(9-7-18)24-29-31-32-30-24/h5-10,14H,2-4,11-13,15-16H2,1H3,(H,34,35)(H,29,30,31,32). The first kappa shape index (κ1) is 25.9. The fraction of sp³-hybridized carbons (Fsp3) is 0.370. The number of H-pyrrole nitrogens is 1. The molecular weight excluding hydrogens is 554 g/mol. The Morgan fingerprint density at radius 1 is 1.16 bits per heavy atom. The number of hydrogen-bond acceptors (Lipinski definition) is 7. The molecule has 5 rings (SSSR count). The van der Waals surface area contributed by atoms with Crippen molar-refractivity contribution in [2.75, 3.05) is 13.2 Å². The summed E-state index contributed by atoms with van der Waals surface area (Å²) in [6, 6.07) is 13.4. The van der Waals surface area contributed by atoms with Crippen LogP contribution < -0.4 is 0 Å². The van der Waals surface area contributed by atoms with E-state index in [0.717, 1.165) is 39.4 Å². The van der Waals surface area contributed by atoms with Crippen LogP contribution in [0.4, 0.5) is 4.79 Å². The minimum atomic E-state index is -0.938. The van der Waals surface area contributed by atoms with Crippen molar-refractivity contribution in [1.82, 2.24) is 25.5 Å². The fourth-order valence-corrected chi connectivity index (χ4v) is 5.62. The lowest BCUT2D eigenvalue weighted by Crippen LogP contribution is -2.44. The van der Waals surface area contributed by atoms with Gasteiger partial charge in [0.15, 0.2) is 0 Å². The zero-order valence-corrected chi connectivity index (χ0v) is 22.5. The first-order valence-corrected chi connectivity index (χ1v) is 13.4. The third-order valence-corrected chi connectivity index (χ3v) is 7.80. The Morgan fingerprint density at radius 2 is 1.89 bits per heavy atom. The molecule has 10 nitrogen and oxygen atoms in total. The first-order chi connectivity index (χ1) is 18.4. The molecule has 38 heavy (non-hydrogen) atoms. The normalized spacial score (nSPS) is 14.6. The topological polar surface area (TPSA) is 134 Å². The van der Waals surface area contributed by atoms with Crippen LogP contribution in [0.5, 0.6) is 0 Å². The molecule has 0 radical (unpaired) electrons. The minimum Gasteiger partial charge on any atom is -0.481 e. The summed E-state index contributed by atoms with van der Waals surface area (Å²) in [7, 11) is 0. The number of ether oxygens (including phenoxy) is 1. The molecule has 2 N–H and O–H groups in total. The number of fused-ring (bicyclic) bond motifs is 1. The van der Waals surface area contributed by atoms with Gasteiger partial charge in [0.25, 0.3) is 0 Å². The fourth-order valence-electron chi connectivity index (χ4n) is 5.00. The summed E-state index contributed by atoms with van der Waals surface area (Å²) in [6.07, 6.45) is 3.00. The van der Waals surface area contributed by atoms with Gasteiger partial charge in [-0.3, -0.25) is 4.79 Å². The lowest BCUT2D eigenvalue weighted by molar-refractivity contribution is -0.149. The van der Waals surface area contributed by atoms with Gasteiger partial charge in [-0.25, -0.2) is 4.79 Å². The highest BCUT2D eigenvalue weighted by Gasteiger charge is 2.44. The highest BCUT2D eigenvalue weighted by Crippen LogP contribution is 2.41. The summed E-state index contributed by atoms with van der Waals surface area (Å²) < 4.78 is 12.4. The van der Waals surface area contributed by atoms with Crippen LogP contribution in [0.2, 0.25) is 0 Å². The van der Waals surface area contributed by atoms with E-state index in [0.29, 0.717) is 36.4 Å². The predicted molar refractivity (Wildman–Crippen MR) is 143 cm³/mol. The Kier molecular flexibility index (Phi) is 7.46. The molecule has 4 aromatic rings. The number of aromatic amines is 1. The Morgan fingerprint density at radius 3 is 2.55 bits per heavy atom. The van der Waals surface area contributed by atoms with Gasteiger partial charge in [-0.05, 0) is 58.1 Å². The summed E-state index contributed by atoms with van der Waals surface area (Å²) >= 11 is 3.69. The number of carbonyl (C=O) groups is 2. The number of benzene rings is 2. The number of halogens is 1. The second-order valence-corrected chi connectivity index (χ2v) is 10.4. The molecular formula is C27H28BrN5O5. The molecule has 0 unspecified atom stereocenters. The maximum absolute atomic E-state index is 13.0. The van der Waals surface area contributed by atoms with Gasteiger partial charge >= 0.3 is 12.1 Å². The van der Waals surface area contributed by atoms with E-state index in [1.165, 1.54) is 4.90 Å². The molecule has 11 heteroatoms. The van der Waals surface area contributed by atoms with Crippen LogP contribution >= 0.6 is 15.9 Å². The number of hydrogen-bond donors (Lipinski definition) is 2. The zero-order chi connectivity index (χ0) is 26.7. The number of carbonyl (C=O) groups excluding carboxylic acids is 1. The smallest absolute Gasteiger partial charge is 0.410 e. The maximum Gasteiger partial charge on any atom is 0.410 e. The SMILES string of the molecule is CCCOC(=O)N(Cc1ccc2oc(-c3ccc(-c4nn[nH]n4)cc3)c(Br)c2c1)CC1(C(=O)O)CCCC1.